The predicted molar refractivity (Wildman–Crippen MR) is 90.2 cm³/mol. The molecule has 2 aliphatic heterocycles. The van der Waals surface area contributed by atoms with Gasteiger partial charge in [-0.15, -0.1) is 0 Å². The summed E-state index contributed by atoms with van der Waals surface area (Å²) in [6.45, 7) is 0.962. The Morgan fingerprint density at radius 1 is 1.08 bits per heavy atom. The van der Waals surface area contributed by atoms with Crippen LogP contribution in [-0.4, -0.2) is 31.1 Å². The molecule has 0 spiro atoms. The number of carbonyl (C=O) groups excluding carboxylic acids is 1. The van der Waals surface area contributed by atoms with Crippen LogP contribution < -0.4 is 24.8 Å². The maximum Gasteiger partial charge on any atom is 0.319 e. The predicted octanol–water partition coefficient (Wildman–Crippen LogP) is 2.21. The van der Waals surface area contributed by atoms with Gasteiger partial charge in [0.2, 0.25) is 6.79 Å². The Balaban J connectivity index is 1.32. The average Bonchev–Trinajstić information content (AvgIpc) is 3.27. The van der Waals surface area contributed by atoms with Crippen LogP contribution in [0.25, 0.3) is 0 Å². The molecule has 0 bridgehead atoms. The fourth-order valence-electron chi connectivity index (χ4n) is 2.87. The minimum Gasteiger partial charge on any atom is -0.493 e. The molecule has 2 heterocycles. The topological polar surface area (TPSA) is 89.1 Å². The molecule has 25 heavy (non-hydrogen) atoms. The second-order valence-electron chi connectivity index (χ2n) is 5.88. The van der Waals surface area contributed by atoms with Gasteiger partial charge in [-0.3, -0.25) is 0 Å². The van der Waals surface area contributed by atoms with Gasteiger partial charge in [-0.25, -0.2) is 4.79 Å². The first-order chi connectivity index (χ1) is 12.2. The lowest BCUT2D eigenvalue weighted by molar-refractivity contribution is 0.174. The van der Waals surface area contributed by atoms with Crippen LogP contribution >= 0.6 is 0 Å². The normalized spacial score (nSPS) is 15.2. The van der Waals surface area contributed by atoms with E-state index in [4.69, 9.17) is 14.2 Å². The minimum atomic E-state index is -0.784. The smallest absolute Gasteiger partial charge is 0.319 e. The van der Waals surface area contributed by atoms with Crippen LogP contribution in [-0.2, 0) is 6.42 Å². The van der Waals surface area contributed by atoms with E-state index in [-0.39, 0.29) is 13.3 Å². The van der Waals surface area contributed by atoms with Crippen molar-refractivity contribution >= 4 is 11.7 Å². The van der Waals surface area contributed by atoms with E-state index in [2.05, 4.69) is 10.6 Å². The lowest BCUT2D eigenvalue weighted by Gasteiger charge is -2.14. The molecule has 2 amide bonds. The molecule has 4 rings (SSSR count). The van der Waals surface area contributed by atoms with Gasteiger partial charge in [-0.2, -0.15) is 0 Å². The second kappa shape index (κ2) is 6.52. The molecule has 2 aromatic rings. The molecule has 2 aromatic carbocycles. The quantitative estimate of drug-likeness (QED) is 0.793. The summed E-state index contributed by atoms with van der Waals surface area (Å²) in [6.07, 6.45) is 0.0573. The summed E-state index contributed by atoms with van der Waals surface area (Å²) in [5.41, 5.74) is 2.43. The van der Waals surface area contributed by atoms with E-state index >= 15 is 0 Å². The van der Waals surface area contributed by atoms with Crippen molar-refractivity contribution in [1.82, 2.24) is 5.32 Å². The number of benzene rings is 2. The van der Waals surface area contributed by atoms with Gasteiger partial charge in [0.25, 0.3) is 0 Å². The van der Waals surface area contributed by atoms with Crippen molar-refractivity contribution in [2.45, 2.75) is 12.5 Å². The summed E-state index contributed by atoms with van der Waals surface area (Å²) >= 11 is 0. The maximum atomic E-state index is 12.0. The van der Waals surface area contributed by atoms with Gasteiger partial charge in [0, 0.05) is 24.7 Å². The van der Waals surface area contributed by atoms with Crippen LogP contribution in [0.2, 0.25) is 0 Å². The first-order valence-corrected chi connectivity index (χ1v) is 8.07. The zero-order valence-corrected chi connectivity index (χ0v) is 13.5. The van der Waals surface area contributed by atoms with Crippen LogP contribution in [0.3, 0.4) is 0 Å². The lowest BCUT2D eigenvalue weighted by atomic mass is 10.0. The zero-order valence-electron chi connectivity index (χ0n) is 13.5. The second-order valence-corrected chi connectivity index (χ2v) is 5.88. The molecule has 0 radical (unpaired) electrons. The molecule has 7 nitrogen and oxygen atoms in total. The highest BCUT2D eigenvalue weighted by Crippen LogP contribution is 2.34. The highest BCUT2D eigenvalue weighted by atomic mass is 16.7. The Hall–Kier alpha value is -2.93. The summed E-state index contributed by atoms with van der Waals surface area (Å²) in [6, 6.07) is 10.3. The third kappa shape index (κ3) is 3.32. The van der Waals surface area contributed by atoms with Crippen LogP contribution in [0.4, 0.5) is 10.5 Å². The number of rotatable bonds is 4. The summed E-state index contributed by atoms with van der Waals surface area (Å²) in [4.78, 5) is 12.0. The van der Waals surface area contributed by atoms with Gasteiger partial charge in [-0.1, -0.05) is 6.07 Å². The van der Waals surface area contributed by atoms with E-state index in [9.17, 15) is 9.90 Å². The summed E-state index contributed by atoms with van der Waals surface area (Å²) in [7, 11) is 0. The Kier molecular flexibility index (Phi) is 4.07. The van der Waals surface area contributed by atoms with Crippen LogP contribution in [0.15, 0.2) is 36.4 Å². The number of hydrogen-bond acceptors (Lipinski definition) is 5. The summed E-state index contributed by atoms with van der Waals surface area (Å²) in [5.74, 6) is 2.12. The van der Waals surface area contributed by atoms with Crippen molar-refractivity contribution in [3.8, 4) is 17.2 Å². The highest BCUT2D eigenvalue weighted by Gasteiger charge is 2.17. The standard InChI is InChI=1S/C18H18N2O5/c21-14(11-1-3-15-12(7-11)5-6-23-15)9-19-18(22)20-13-2-4-16-17(8-13)25-10-24-16/h1-4,7-8,14,21H,5-6,9-10H2,(H2,19,20,22)/t14-/m1/s1. The van der Waals surface area contributed by atoms with Crippen molar-refractivity contribution in [3.05, 3.63) is 47.5 Å². The van der Waals surface area contributed by atoms with E-state index in [1.807, 2.05) is 18.2 Å². The third-order valence-corrected chi connectivity index (χ3v) is 4.18. The van der Waals surface area contributed by atoms with E-state index in [1.165, 1.54) is 0 Å². The van der Waals surface area contributed by atoms with E-state index in [0.717, 1.165) is 23.3 Å². The van der Waals surface area contributed by atoms with Crippen LogP contribution in [0.1, 0.15) is 17.2 Å². The van der Waals surface area contributed by atoms with Crippen molar-refractivity contribution in [2.24, 2.45) is 0 Å². The van der Waals surface area contributed by atoms with Gasteiger partial charge in [-0.05, 0) is 35.4 Å². The maximum absolute atomic E-state index is 12.0. The number of anilines is 1. The van der Waals surface area contributed by atoms with Crippen molar-refractivity contribution < 1.29 is 24.1 Å². The van der Waals surface area contributed by atoms with Crippen molar-refractivity contribution in [2.75, 3.05) is 25.3 Å². The fourth-order valence-corrected chi connectivity index (χ4v) is 2.87. The SMILES string of the molecule is O=C(NC[C@@H](O)c1ccc2c(c1)CCO2)Nc1ccc2c(c1)OCO2. The molecule has 0 unspecified atom stereocenters. The molecule has 0 saturated carbocycles. The lowest BCUT2D eigenvalue weighted by Crippen LogP contribution is -2.32. The Bertz CT molecular complexity index is 808. The largest absolute Gasteiger partial charge is 0.493 e. The van der Waals surface area contributed by atoms with Gasteiger partial charge < -0.3 is 30.0 Å². The molecule has 0 aliphatic carbocycles. The fraction of sp³-hybridized carbons (Fsp3) is 0.278. The number of ether oxygens (including phenoxy) is 3. The number of hydrogen-bond donors (Lipinski definition) is 3. The number of aliphatic hydroxyl groups excluding tert-OH is 1. The minimum absolute atomic E-state index is 0.107. The molecule has 0 saturated heterocycles. The highest BCUT2D eigenvalue weighted by molar-refractivity contribution is 5.89. The monoisotopic (exact) mass is 342 g/mol. The third-order valence-electron chi connectivity index (χ3n) is 4.18. The van der Waals surface area contributed by atoms with Gasteiger partial charge in [0.1, 0.15) is 5.75 Å². The number of amides is 2. The molecule has 3 N–H and O–H groups in total. The van der Waals surface area contributed by atoms with Crippen LogP contribution in [0, 0.1) is 0 Å². The Morgan fingerprint density at radius 2 is 1.92 bits per heavy atom. The Labute approximate surface area is 144 Å². The van der Waals surface area contributed by atoms with E-state index in [1.54, 1.807) is 18.2 Å². The first-order valence-electron chi connectivity index (χ1n) is 8.07. The molecule has 7 heteroatoms. The van der Waals surface area contributed by atoms with Gasteiger partial charge >= 0.3 is 6.03 Å². The number of urea groups is 1. The number of fused-ring (bicyclic) bond motifs is 2. The summed E-state index contributed by atoms with van der Waals surface area (Å²) < 4.78 is 15.9. The zero-order chi connectivity index (χ0) is 17.2. The number of nitrogens with one attached hydrogen (secondary N) is 2. The molecule has 0 fully saturated rings. The Morgan fingerprint density at radius 3 is 2.84 bits per heavy atom. The van der Waals surface area contributed by atoms with Gasteiger partial charge in [0.15, 0.2) is 11.5 Å². The first kappa shape index (κ1) is 15.6. The molecule has 1 atom stereocenters. The summed E-state index contributed by atoms with van der Waals surface area (Å²) in [5, 5.41) is 15.6. The molecular weight excluding hydrogens is 324 g/mol. The molecular formula is C18H18N2O5. The molecule has 2 aliphatic rings. The number of aliphatic hydroxyl groups is 1. The molecule has 130 valence electrons. The number of carbonyl (C=O) groups is 1. The van der Waals surface area contributed by atoms with Crippen LogP contribution in [0.5, 0.6) is 17.2 Å². The van der Waals surface area contributed by atoms with Crippen molar-refractivity contribution in [1.29, 1.82) is 0 Å². The molecule has 0 aromatic heterocycles. The van der Waals surface area contributed by atoms with Gasteiger partial charge in [0.05, 0.1) is 12.7 Å². The van der Waals surface area contributed by atoms with E-state index in [0.29, 0.717) is 23.8 Å². The van der Waals surface area contributed by atoms with Crippen molar-refractivity contribution in [3.63, 3.8) is 0 Å². The van der Waals surface area contributed by atoms with E-state index < -0.39 is 12.1 Å². The average molecular weight is 342 g/mol.